The predicted octanol–water partition coefficient (Wildman–Crippen LogP) is 4.90. The molecule has 2 nitrogen and oxygen atoms in total. The molecule has 25 heavy (non-hydrogen) atoms. The van der Waals surface area contributed by atoms with Gasteiger partial charge in [-0.15, -0.1) is 0 Å². The maximum Gasteiger partial charge on any atom is 0.419 e. The number of rotatable bonds is 4. The Bertz CT molecular complexity index is 674. The second kappa shape index (κ2) is 6.74. The fourth-order valence-corrected chi connectivity index (χ4v) is 2.53. The van der Waals surface area contributed by atoms with Crippen molar-refractivity contribution < 1.29 is 36.2 Å². The number of ether oxygens (including phenoxy) is 1. The van der Waals surface area contributed by atoms with Crippen LogP contribution in [0.1, 0.15) is 18.9 Å². The van der Waals surface area contributed by atoms with E-state index in [1.54, 1.807) is 0 Å². The van der Waals surface area contributed by atoms with Crippen LogP contribution in [-0.2, 0) is 6.18 Å². The minimum absolute atomic E-state index is 0.127. The van der Waals surface area contributed by atoms with E-state index in [1.807, 2.05) is 0 Å². The average Bonchev–Trinajstić information content (AvgIpc) is 2.51. The van der Waals surface area contributed by atoms with Crippen molar-refractivity contribution >= 4 is 0 Å². The average molecular weight is 366 g/mol. The maximum atomic E-state index is 13.0. The van der Waals surface area contributed by atoms with E-state index in [0.29, 0.717) is 0 Å². The second-order valence-corrected chi connectivity index (χ2v) is 5.98. The molecule has 0 amide bonds. The van der Waals surface area contributed by atoms with E-state index in [4.69, 9.17) is 4.74 Å². The van der Waals surface area contributed by atoms with Crippen molar-refractivity contribution in [2.45, 2.75) is 31.8 Å². The van der Waals surface area contributed by atoms with Gasteiger partial charge in [-0.1, -0.05) is 37.3 Å². The largest absolute Gasteiger partial charge is 0.486 e. The molecule has 0 radical (unpaired) electrons. The van der Waals surface area contributed by atoms with E-state index in [0.717, 1.165) is 24.3 Å². The molecule has 0 bridgehead atoms. The molecule has 1 aromatic carbocycles. The summed E-state index contributed by atoms with van der Waals surface area (Å²) in [6.07, 6.45) is -7.41. The van der Waals surface area contributed by atoms with E-state index in [1.165, 1.54) is 25.1 Å². The highest BCUT2D eigenvalue weighted by atomic mass is 19.4. The van der Waals surface area contributed by atoms with Crippen molar-refractivity contribution in [2.24, 2.45) is 5.41 Å². The number of para-hydroxylation sites is 1. The lowest BCUT2D eigenvalue weighted by Crippen LogP contribution is -2.40. The lowest BCUT2D eigenvalue weighted by Gasteiger charge is -2.36. The van der Waals surface area contributed by atoms with Crippen LogP contribution < -0.4 is 4.74 Å². The summed E-state index contributed by atoms with van der Waals surface area (Å²) in [6.45, 7) is 0.868. The van der Waals surface area contributed by atoms with Crippen LogP contribution in [0.25, 0.3) is 0 Å². The third kappa shape index (κ3) is 4.36. The predicted molar refractivity (Wildman–Crippen MR) is 78.9 cm³/mol. The first kappa shape index (κ1) is 19.4. The molecule has 0 saturated carbocycles. The molecule has 2 unspecified atom stereocenters. The molecule has 1 N–H and O–H groups in total. The Balaban J connectivity index is 2.26. The molecule has 0 saturated heterocycles. The summed E-state index contributed by atoms with van der Waals surface area (Å²) in [6, 6.07) is 4.49. The Kier molecular flexibility index (Phi) is 5.22. The molecular formula is C17H16F6O2. The van der Waals surface area contributed by atoms with Gasteiger partial charge in [-0.05, 0) is 18.6 Å². The summed E-state index contributed by atoms with van der Waals surface area (Å²) in [5, 5.41) is 9.54. The number of aliphatic hydroxyl groups is 1. The summed E-state index contributed by atoms with van der Waals surface area (Å²) in [5.41, 5.74) is -2.93. The van der Waals surface area contributed by atoms with Gasteiger partial charge in [0, 0.05) is 5.41 Å². The normalized spacial score (nSPS) is 22.5. The summed E-state index contributed by atoms with van der Waals surface area (Å²) in [4.78, 5) is 0. The minimum atomic E-state index is -4.65. The van der Waals surface area contributed by atoms with Gasteiger partial charge in [-0.3, -0.25) is 0 Å². The molecule has 1 aliphatic rings. The van der Waals surface area contributed by atoms with Gasteiger partial charge < -0.3 is 9.84 Å². The van der Waals surface area contributed by atoms with Gasteiger partial charge in [0.25, 0.3) is 0 Å². The number of aliphatic hydroxyl groups excluding tert-OH is 1. The summed E-state index contributed by atoms with van der Waals surface area (Å²) >= 11 is 0. The molecule has 2 rings (SSSR count). The maximum absolute atomic E-state index is 13.0. The van der Waals surface area contributed by atoms with E-state index in [9.17, 15) is 31.4 Å². The lowest BCUT2D eigenvalue weighted by atomic mass is 9.77. The van der Waals surface area contributed by atoms with Crippen molar-refractivity contribution in [2.75, 3.05) is 6.61 Å². The van der Waals surface area contributed by atoms with Crippen molar-refractivity contribution in [3.63, 3.8) is 0 Å². The molecular weight excluding hydrogens is 350 g/mol. The number of alkyl halides is 6. The molecule has 1 aliphatic carbocycles. The first-order valence-corrected chi connectivity index (χ1v) is 7.38. The summed E-state index contributed by atoms with van der Waals surface area (Å²) < 4.78 is 82.5. The Morgan fingerprint density at radius 1 is 1.12 bits per heavy atom. The van der Waals surface area contributed by atoms with Crippen LogP contribution in [0.3, 0.4) is 0 Å². The standard InChI is InChI=1S/C17H16F6O2/c1-15(8-6-11(7-9-15)16(18,19)20)14(10-24)25-13-5-3-2-4-12(13)17(21,22)23/h2-8,14,24H,9-10H2,1H3. The third-order valence-corrected chi connectivity index (χ3v) is 4.10. The zero-order valence-electron chi connectivity index (χ0n) is 13.2. The highest BCUT2D eigenvalue weighted by Crippen LogP contribution is 2.41. The smallest absolute Gasteiger partial charge is 0.419 e. The molecule has 1 aromatic rings. The van der Waals surface area contributed by atoms with Crippen LogP contribution in [0.2, 0.25) is 0 Å². The van der Waals surface area contributed by atoms with Crippen LogP contribution in [0, 0.1) is 5.41 Å². The SMILES string of the molecule is CC1(C(CO)Oc2ccccc2C(F)(F)F)C=CC(C(F)(F)F)=CC1. The van der Waals surface area contributed by atoms with Gasteiger partial charge in [0.2, 0.25) is 0 Å². The van der Waals surface area contributed by atoms with Crippen LogP contribution in [0.4, 0.5) is 26.3 Å². The van der Waals surface area contributed by atoms with Crippen molar-refractivity contribution in [1.29, 1.82) is 0 Å². The number of hydrogen-bond acceptors (Lipinski definition) is 2. The third-order valence-electron chi connectivity index (χ3n) is 4.10. The van der Waals surface area contributed by atoms with Gasteiger partial charge in [0.15, 0.2) is 0 Å². The highest BCUT2D eigenvalue weighted by molar-refractivity contribution is 5.37. The molecule has 0 aromatic heterocycles. The van der Waals surface area contributed by atoms with Gasteiger partial charge in [0.05, 0.1) is 17.7 Å². The Labute approximate surface area is 140 Å². The Hall–Kier alpha value is -1.96. The van der Waals surface area contributed by atoms with E-state index < -0.39 is 47.4 Å². The van der Waals surface area contributed by atoms with Crippen molar-refractivity contribution in [1.82, 2.24) is 0 Å². The molecule has 0 heterocycles. The van der Waals surface area contributed by atoms with Crippen molar-refractivity contribution in [3.05, 3.63) is 53.6 Å². The minimum Gasteiger partial charge on any atom is -0.486 e. The van der Waals surface area contributed by atoms with E-state index in [-0.39, 0.29) is 6.42 Å². The highest BCUT2D eigenvalue weighted by Gasteiger charge is 2.41. The Morgan fingerprint density at radius 3 is 2.24 bits per heavy atom. The lowest BCUT2D eigenvalue weighted by molar-refractivity contribution is -0.140. The number of halogens is 6. The monoisotopic (exact) mass is 366 g/mol. The molecule has 138 valence electrons. The molecule has 0 spiro atoms. The zero-order chi connectivity index (χ0) is 18.9. The zero-order valence-corrected chi connectivity index (χ0v) is 13.2. The number of benzene rings is 1. The summed E-state index contributed by atoms with van der Waals surface area (Å²) in [7, 11) is 0. The first-order valence-electron chi connectivity index (χ1n) is 7.38. The van der Waals surface area contributed by atoms with Gasteiger partial charge in [-0.25, -0.2) is 0 Å². The van der Waals surface area contributed by atoms with E-state index in [2.05, 4.69) is 0 Å². The topological polar surface area (TPSA) is 29.5 Å². The summed E-state index contributed by atoms with van der Waals surface area (Å²) in [5.74, 6) is -0.478. The van der Waals surface area contributed by atoms with Crippen LogP contribution in [0.5, 0.6) is 5.75 Å². The van der Waals surface area contributed by atoms with Gasteiger partial charge >= 0.3 is 12.4 Å². The first-order chi connectivity index (χ1) is 11.5. The van der Waals surface area contributed by atoms with E-state index >= 15 is 0 Å². The number of allylic oxidation sites excluding steroid dienone is 3. The van der Waals surface area contributed by atoms with Crippen LogP contribution in [0.15, 0.2) is 48.1 Å². The number of hydrogen-bond donors (Lipinski definition) is 1. The van der Waals surface area contributed by atoms with Crippen molar-refractivity contribution in [3.8, 4) is 5.75 Å². The van der Waals surface area contributed by atoms with Gasteiger partial charge in [0.1, 0.15) is 11.9 Å². The van der Waals surface area contributed by atoms with Crippen LogP contribution in [-0.4, -0.2) is 24.0 Å². The fraction of sp³-hybridized carbons (Fsp3) is 0.412. The molecule has 0 aliphatic heterocycles. The van der Waals surface area contributed by atoms with Gasteiger partial charge in [-0.2, -0.15) is 26.3 Å². The molecule has 2 atom stereocenters. The molecule has 0 fully saturated rings. The molecule has 8 heteroatoms. The quantitative estimate of drug-likeness (QED) is 0.768. The Morgan fingerprint density at radius 2 is 1.76 bits per heavy atom. The van der Waals surface area contributed by atoms with Crippen LogP contribution >= 0.6 is 0 Å². The second-order valence-electron chi connectivity index (χ2n) is 5.98. The fourth-order valence-electron chi connectivity index (χ4n) is 2.53.